The summed E-state index contributed by atoms with van der Waals surface area (Å²) in [6.07, 6.45) is 1.71. The lowest BCUT2D eigenvalue weighted by atomic mass is 10.2. The standard InChI is InChI=1S/C13H17Cl2NO4S/c1-2-19-12-6-11(15)13(7-10(12)14)21(17,18)16-8-9-4-3-5-20-9/h6-7,9,16H,2-5,8H2,1H3. The van der Waals surface area contributed by atoms with Gasteiger partial charge in [-0.25, -0.2) is 13.1 Å². The van der Waals surface area contributed by atoms with E-state index in [1.165, 1.54) is 12.1 Å². The molecule has 0 saturated carbocycles. The molecule has 8 heteroatoms. The minimum atomic E-state index is -3.73. The fourth-order valence-corrected chi connectivity index (χ4v) is 3.96. The van der Waals surface area contributed by atoms with Crippen molar-refractivity contribution >= 4 is 33.2 Å². The maximum absolute atomic E-state index is 12.3. The Balaban J connectivity index is 2.16. The number of halogens is 2. The first-order chi connectivity index (χ1) is 9.94. The summed E-state index contributed by atoms with van der Waals surface area (Å²) in [7, 11) is -3.73. The smallest absolute Gasteiger partial charge is 0.242 e. The molecule has 1 aromatic rings. The van der Waals surface area contributed by atoms with E-state index in [0.717, 1.165) is 12.8 Å². The molecule has 1 unspecified atom stereocenters. The first-order valence-electron chi connectivity index (χ1n) is 6.67. The van der Waals surface area contributed by atoms with Crippen LogP contribution in [-0.4, -0.2) is 34.3 Å². The van der Waals surface area contributed by atoms with Crippen molar-refractivity contribution in [3.05, 3.63) is 22.2 Å². The average molecular weight is 354 g/mol. The molecule has 1 heterocycles. The lowest BCUT2D eigenvalue weighted by molar-refractivity contribution is 0.114. The molecule has 5 nitrogen and oxygen atoms in total. The highest BCUT2D eigenvalue weighted by atomic mass is 35.5. The molecule has 0 amide bonds. The Morgan fingerprint density at radius 2 is 2.14 bits per heavy atom. The number of hydrogen-bond acceptors (Lipinski definition) is 4. The Bertz CT molecular complexity index is 600. The molecule has 0 aliphatic carbocycles. The number of hydrogen-bond donors (Lipinski definition) is 1. The molecule has 1 fully saturated rings. The quantitative estimate of drug-likeness (QED) is 0.853. The molecular formula is C13H17Cl2NO4S. The van der Waals surface area contributed by atoms with Gasteiger partial charge in [-0.2, -0.15) is 0 Å². The molecule has 2 rings (SSSR count). The van der Waals surface area contributed by atoms with Crippen LogP contribution in [0.2, 0.25) is 10.0 Å². The van der Waals surface area contributed by atoms with E-state index in [4.69, 9.17) is 32.7 Å². The zero-order chi connectivity index (χ0) is 15.5. The zero-order valence-electron chi connectivity index (χ0n) is 11.6. The van der Waals surface area contributed by atoms with E-state index >= 15 is 0 Å². The van der Waals surface area contributed by atoms with Gasteiger partial charge in [0.1, 0.15) is 10.6 Å². The molecule has 0 aromatic heterocycles. The molecule has 1 aliphatic heterocycles. The number of sulfonamides is 1. The highest BCUT2D eigenvalue weighted by molar-refractivity contribution is 7.89. The monoisotopic (exact) mass is 353 g/mol. The van der Waals surface area contributed by atoms with Crippen molar-refractivity contribution in [2.24, 2.45) is 0 Å². The van der Waals surface area contributed by atoms with Gasteiger partial charge in [0.15, 0.2) is 0 Å². The third kappa shape index (κ3) is 4.23. The van der Waals surface area contributed by atoms with E-state index in [1.807, 2.05) is 0 Å². The average Bonchev–Trinajstić information content (AvgIpc) is 2.94. The van der Waals surface area contributed by atoms with Gasteiger partial charge in [0, 0.05) is 19.2 Å². The minimum Gasteiger partial charge on any atom is -0.492 e. The fourth-order valence-electron chi connectivity index (χ4n) is 2.07. The van der Waals surface area contributed by atoms with Crippen molar-refractivity contribution in [1.29, 1.82) is 0 Å². The van der Waals surface area contributed by atoms with Gasteiger partial charge in [-0.15, -0.1) is 0 Å². The van der Waals surface area contributed by atoms with Crippen LogP contribution in [-0.2, 0) is 14.8 Å². The van der Waals surface area contributed by atoms with Crippen LogP contribution < -0.4 is 9.46 Å². The van der Waals surface area contributed by atoms with Crippen molar-refractivity contribution in [3.63, 3.8) is 0 Å². The molecule has 1 aliphatic rings. The molecule has 21 heavy (non-hydrogen) atoms. The van der Waals surface area contributed by atoms with Gasteiger partial charge in [-0.05, 0) is 25.8 Å². The van der Waals surface area contributed by atoms with Crippen LogP contribution >= 0.6 is 23.2 Å². The first-order valence-corrected chi connectivity index (χ1v) is 8.91. The summed E-state index contributed by atoms with van der Waals surface area (Å²) < 4.78 is 37.7. The van der Waals surface area contributed by atoms with Crippen molar-refractivity contribution in [1.82, 2.24) is 4.72 Å². The summed E-state index contributed by atoms with van der Waals surface area (Å²) in [5.41, 5.74) is 0. The van der Waals surface area contributed by atoms with Crippen LogP contribution in [0, 0.1) is 0 Å². The summed E-state index contributed by atoms with van der Waals surface area (Å²) >= 11 is 12.0. The Morgan fingerprint density at radius 1 is 1.38 bits per heavy atom. The van der Waals surface area contributed by atoms with Crippen molar-refractivity contribution in [2.45, 2.75) is 30.8 Å². The third-order valence-corrected chi connectivity index (χ3v) is 5.28. The van der Waals surface area contributed by atoms with E-state index in [-0.39, 0.29) is 27.6 Å². The molecule has 0 radical (unpaired) electrons. The Kier molecular flexibility index (Phi) is 5.73. The second kappa shape index (κ2) is 7.15. The number of rotatable bonds is 6. The van der Waals surface area contributed by atoms with Crippen LogP contribution in [0.4, 0.5) is 0 Å². The van der Waals surface area contributed by atoms with Gasteiger partial charge in [0.05, 0.1) is 22.8 Å². The van der Waals surface area contributed by atoms with E-state index in [9.17, 15) is 8.42 Å². The maximum atomic E-state index is 12.3. The van der Waals surface area contributed by atoms with Crippen LogP contribution in [0.5, 0.6) is 5.75 Å². The molecule has 1 atom stereocenters. The highest BCUT2D eigenvalue weighted by Gasteiger charge is 2.23. The summed E-state index contributed by atoms with van der Waals surface area (Å²) in [5.74, 6) is 0.363. The van der Waals surface area contributed by atoms with Crippen LogP contribution in [0.25, 0.3) is 0 Å². The van der Waals surface area contributed by atoms with Crippen LogP contribution in [0.15, 0.2) is 17.0 Å². The molecule has 1 N–H and O–H groups in total. The summed E-state index contributed by atoms with van der Waals surface area (Å²) in [5, 5.41) is 0.279. The predicted molar refractivity (Wildman–Crippen MR) is 81.8 cm³/mol. The third-order valence-electron chi connectivity index (χ3n) is 3.10. The molecule has 0 spiro atoms. The van der Waals surface area contributed by atoms with E-state index in [1.54, 1.807) is 6.92 Å². The maximum Gasteiger partial charge on any atom is 0.242 e. The van der Waals surface area contributed by atoms with Gasteiger partial charge in [-0.3, -0.25) is 0 Å². The molecule has 118 valence electrons. The van der Waals surface area contributed by atoms with E-state index in [2.05, 4.69) is 4.72 Å². The summed E-state index contributed by atoms with van der Waals surface area (Å²) in [6, 6.07) is 2.71. The van der Waals surface area contributed by atoms with Crippen LogP contribution in [0.1, 0.15) is 19.8 Å². The number of nitrogens with one attached hydrogen (secondary N) is 1. The van der Waals surface area contributed by atoms with E-state index < -0.39 is 10.0 Å². The predicted octanol–water partition coefficient (Wildman–Crippen LogP) is 2.85. The normalized spacial score (nSPS) is 18.9. The Labute approximate surface area is 134 Å². The van der Waals surface area contributed by atoms with Gasteiger partial charge in [0.25, 0.3) is 0 Å². The zero-order valence-corrected chi connectivity index (χ0v) is 13.9. The van der Waals surface area contributed by atoms with Gasteiger partial charge < -0.3 is 9.47 Å². The van der Waals surface area contributed by atoms with Crippen LogP contribution in [0.3, 0.4) is 0 Å². The molecular weight excluding hydrogens is 337 g/mol. The second-order valence-corrected chi connectivity index (χ2v) is 7.18. The van der Waals surface area contributed by atoms with Gasteiger partial charge in [0.2, 0.25) is 10.0 Å². The lowest BCUT2D eigenvalue weighted by Crippen LogP contribution is -2.32. The summed E-state index contributed by atoms with van der Waals surface area (Å²) in [4.78, 5) is -0.0596. The lowest BCUT2D eigenvalue weighted by Gasteiger charge is -2.14. The minimum absolute atomic E-state index is 0.0596. The Hall–Kier alpha value is -0.530. The topological polar surface area (TPSA) is 64.6 Å². The first kappa shape index (κ1) is 16.8. The van der Waals surface area contributed by atoms with Gasteiger partial charge >= 0.3 is 0 Å². The van der Waals surface area contributed by atoms with E-state index in [0.29, 0.717) is 19.0 Å². The number of ether oxygens (including phenoxy) is 2. The van der Waals surface area contributed by atoms with Crippen molar-refractivity contribution in [2.75, 3.05) is 19.8 Å². The summed E-state index contributed by atoms with van der Waals surface area (Å²) in [6.45, 7) is 3.11. The van der Waals surface area contributed by atoms with Crippen molar-refractivity contribution in [3.8, 4) is 5.75 Å². The van der Waals surface area contributed by atoms with Gasteiger partial charge in [-0.1, -0.05) is 23.2 Å². The molecule has 1 saturated heterocycles. The highest BCUT2D eigenvalue weighted by Crippen LogP contribution is 2.33. The SMILES string of the molecule is CCOc1cc(Cl)c(S(=O)(=O)NCC2CCCO2)cc1Cl. The Morgan fingerprint density at radius 3 is 2.76 bits per heavy atom. The largest absolute Gasteiger partial charge is 0.492 e. The molecule has 0 bridgehead atoms. The van der Waals surface area contributed by atoms with Crippen molar-refractivity contribution < 1.29 is 17.9 Å². The number of benzene rings is 1. The fraction of sp³-hybridized carbons (Fsp3) is 0.538. The second-order valence-electron chi connectivity index (χ2n) is 4.63. The molecule has 1 aromatic carbocycles.